The van der Waals surface area contributed by atoms with Crippen molar-refractivity contribution in [2.75, 3.05) is 0 Å². The Balaban J connectivity index is 1.89. The van der Waals surface area contributed by atoms with E-state index in [4.69, 9.17) is 9.15 Å². The number of ketones is 2. The first-order valence-corrected chi connectivity index (χ1v) is 7.47. The Morgan fingerprint density at radius 1 is 0.625 bits per heavy atom. The van der Waals surface area contributed by atoms with Gasteiger partial charge >= 0.3 is 0 Å². The van der Waals surface area contributed by atoms with Gasteiger partial charge in [-0.15, -0.1) is 0 Å². The lowest BCUT2D eigenvalue weighted by Gasteiger charge is -2.11. The molecule has 1 heterocycles. The van der Waals surface area contributed by atoms with Gasteiger partial charge in [0.1, 0.15) is 0 Å². The molecule has 4 rings (SSSR count). The summed E-state index contributed by atoms with van der Waals surface area (Å²) in [7, 11) is 0. The van der Waals surface area contributed by atoms with E-state index >= 15 is 0 Å². The highest BCUT2D eigenvalue weighted by Crippen LogP contribution is 2.29. The number of carbonyl (C=O) groups excluding carboxylic acids is 2. The summed E-state index contributed by atoms with van der Waals surface area (Å²) in [5, 5.41) is 0. The number of hydrogen-bond acceptors (Lipinski definition) is 4. The van der Waals surface area contributed by atoms with E-state index in [1.165, 1.54) is 0 Å². The maximum Gasteiger partial charge on any atom is 0.237 e. The highest BCUT2D eigenvalue weighted by Gasteiger charge is 2.26. The van der Waals surface area contributed by atoms with E-state index in [2.05, 4.69) is 0 Å². The molecule has 0 atom stereocenters. The summed E-state index contributed by atoms with van der Waals surface area (Å²) in [6.45, 7) is 0. The summed E-state index contributed by atoms with van der Waals surface area (Å²) in [6.07, 6.45) is 0. The summed E-state index contributed by atoms with van der Waals surface area (Å²) >= 11 is 0. The van der Waals surface area contributed by atoms with Crippen molar-refractivity contribution in [3.8, 4) is 0 Å². The third kappa shape index (κ3) is 2.25. The van der Waals surface area contributed by atoms with Gasteiger partial charge in [0, 0.05) is 16.7 Å². The summed E-state index contributed by atoms with van der Waals surface area (Å²) in [4.78, 5) is 25.8. The van der Waals surface area contributed by atoms with Gasteiger partial charge in [-0.05, 0) is 12.1 Å². The number of fused-ring (bicyclic) bond motifs is 1. The van der Waals surface area contributed by atoms with Crippen molar-refractivity contribution in [3.05, 3.63) is 95.1 Å². The molecule has 4 heteroatoms. The van der Waals surface area contributed by atoms with Gasteiger partial charge in [0.15, 0.2) is 11.6 Å². The second-order valence-electron chi connectivity index (χ2n) is 5.37. The second-order valence-corrected chi connectivity index (χ2v) is 5.37. The highest BCUT2D eigenvalue weighted by atomic mass is 17.0. The summed E-state index contributed by atoms with van der Waals surface area (Å²) in [5.74, 6) is -0.497. The summed E-state index contributed by atoms with van der Waals surface area (Å²) in [6, 6.07) is 20.9. The molecule has 0 saturated heterocycles. The van der Waals surface area contributed by atoms with Crippen molar-refractivity contribution >= 4 is 22.7 Å². The van der Waals surface area contributed by atoms with Crippen LogP contribution in [0.25, 0.3) is 11.2 Å². The van der Waals surface area contributed by atoms with Crippen LogP contribution in [0.2, 0.25) is 0 Å². The van der Waals surface area contributed by atoms with Crippen molar-refractivity contribution in [3.63, 3.8) is 0 Å². The predicted molar refractivity (Wildman–Crippen MR) is 88.2 cm³/mol. The summed E-state index contributed by atoms with van der Waals surface area (Å²) in [5.41, 5.74) is 2.31. The molecule has 1 aromatic heterocycles. The van der Waals surface area contributed by atoms with Crippen molar-refractivity contribution in [1.82, 2.24) is 0 Å². The molecular weight excluding hydrogens is 304 g/mol. The van der Waals surface area contributed by atoms with Crippen LogP contribution in [0.5, 0.6) is 0 Å². The summed E-state index contributed by atoms with van der Waals surface area (Å²) < 4.78 is 9.88. The topological polar surface area (TPSA) is 60.4 Å². The number of hydrogen-bond donors (Lipinski definition) is 0. The van der Waals surface area contributed by atoms with E-state index in [0.717, 1.165) is 0 Å². The van der Waals surface area contributed by atoms with Crippen LogP contribution < -0.4 is 0 Å². The van der Waals surface area contributed by atoms with Crippen LogP contribution in [0.4, 0.5) is 0 Å². The Morgan fingerprint density at radius 3 is 1.75 bits per heavy atom. The monoisotopic (exact) mass is 316 g/mol. The van der Waals surface area contributed by atoms with Gasteiger partial charge < -0.3 is 0 Å². The van der Waals surface area contributed by atoms with Gasteiger partial charge in [0.2, 0.25) is 11.2 Å². The molecule has 0 radical (unpaired) electrons. The van der Waals surface area contributed by atoms with Crippen LogP contribution >= 0.6 is 0 Å². The van der Waals surface area contributed by atoms with Gasteiger partial charge in [-0.25, -0.2) is 0 Å². The maximum absolute atomic E-state index is 12.9. The minimum atomic E-state index is -0.268. The quantitative estimate of drug-likeness (QED) is 0.411. The lowest BCUT2D eigenvalue weighted by atomic mass is 9.92. The predicted octanol–water partition coefficient (Wildman–Crippen LogP) is 4.49. The van der Waals surface area contributed by atoms with Gasteiger partial charge in [0.25, 0.3) is 0 Å². The standard InChI is InChI=1S/C20H12O4/c21-18(13-7-3-1-4-8-13)15-11-12-16-20(24-23-16)17(15)19(22)14-9-5-2-6-10-14/h1-12H. The van der Waals surface area contributed by atoms with Crippen LogP contribution in [0, 0.1) is 0 Å². The van der Waals surface area contributed by atoms with Crippen LogP contribution in [-0.4, -0.2) is 11.6 Å². The minimum Gasteiger partial charge on any atom is -0.289 e. The molecular formula is C20H12O4. The average Bonchev–Trinajstić information content (AvgIpc) is 2.62. The molecule has 4 nitrogen and oxygen atoms in total. The fourth-order valence-corrected chi connectivity index (χ4v) is 2.66. The van der Waals surface area contributed by atoms with Gasteiger partial charge in [0.05, 0.1) is 5.56 Å². The molecule has 0 aliphatic rings. The van der Waals surface area contributed by atoms with Crippen LogP contribution in [0.3, 0.4) is 0 Å². The van der Waals surface area contributed by atoms with Crippen molar-refractivity contribution in [2.24, 2.45) is 0 Å². The number of carbonyl (C=O) groups is 2. The van der Waals surface area contributed by atoms with E-state index in [1.807, 2.05) is 12.1 Å². The molecule has 0 aliphatic heterocycles. The maximum atomic E-state index is 12.9. The number of benzene rings is 3. The molecule has 0 saturated carbocycles. The zero-order chi connectivity index (χ0) is 16.5. The first-order valence-electron chi connectivity index (χ1n) is 7.47. The van der Waals surface area contributed by atoms with Crippen molar-refractivity contribution in [1.29, 1.82) is 0 Å². The lowest BCUT2D eigenvalue weighted by molar-refractivity contribution is 0.0575. The lowest BCUT2D eigenvalue weighted by Crippen LogP contribution is -2.12. The zero-order valence-electron chi connectivity index (χ0n) is 12.6. The SMILES string of the molecule is O=C(c1ccccc1)c1ccc2ooc2c1C(=O)c1ccccc1. The molecule has 0 aliphatic carbocycles. The molecule has 0 spiro atoms. The molecule has 0 N–H and O–H groups in total. The third-order valence-electron chi connectivity index (χ3n) is 3.88. The Kier molecular flexibility index (Phi) is 3.35. The normalized spacial score (nSPS) is 10.8. The van der Waals surface area contributed by atoms with E-state index in [9.17, 15) is 9.59 Å². The first kappa shape index (κ1) is 14.2. The van der Waals surface area contributed by atoms with Crippen LogP contribution in [0.1, 0.15) is 31.8 Å². The molecule has 0 fully saturated rings. The Labute approximate surface area is 137 Å². The third-order valence-corrected chi connectivity index (χ3v) is 3.88. The zero-order valence-corrected chi connectivity index (χ0v) is 12.6. The van der Waals surface area contributed by atoms with Gasteiger partial charge in [-0.1, -0.05) is 60.7 Å². The average molecular weight is 316 g/mol. The van der Waals surface area contributed by atoms with Gasteiger partial charge in [-0.3, -0.25) is 18.7 Å². The fourth-order valence-electron chi connectivity index (χ4n) is 2.66. The Bertz CT molecular complexity index is 1020. The molecule has 24 heavy (non-hydrogen) atoms. The molecule has 0 unspecified atom stereocenters. The smallest absolute Gasteiger partial charge is 0.237 e. The van der Waals surface area contributed by atoms with Crippen molar-refractivity contribution < 1.29 is 18.7 Å². The van der Waals surface area contributed by atoms with Gasteiger partial charge in [-0.2, -0.15) is 0 Å². The molecule has 4 aromatic rings. The first-order chi connectivity index (χ1) is 11.8. The second kappa shape index (κ2) is 5.66. The molecule has 0 bridgehead atoms. The van der Waals surface area contributed by atoms with E-state index in [0.29, 0.717) is 27.9 Å². The van der Waals surface area contributed by atoms with E-state index < -0.39 is 0 Å². The van der Waals surface area contributed by atoms with E-state index in [-0.39, 0.29) is 17.1 Å². The van der Waals surface area contributed by atoms with Crippen LogP contribution in [0.15, 0.2) is 81.9 Å². The van der Waals surface area contributed by atoms with Crippen LogP contribution in [-0.2, 0) is 0 Å². The Morgan fingerprint density at radius 2 is 1.21 bits per heavy atom. The minimum absolute atomic E-state index is 0.229. The molecule has 0 amide bonds. The molecule has 3 aromatic carbocycles. The number of rotatable bonds is 4. The fraction of sp³-hybridized carbons (Fsp3) is 0. The van der Waals surface area contributed by atoms with Crippen molar-refractivity contribution in [2.45, 2.75) is 0 Å². The largest absolute Gasteiger partial charge is 0.289 e. The highest BCUT2D eigenvalue weighted by molar-refractivity contribution is 6.23. The Hall–Kier alpha value is -3.40. The molecule has 116 valence electrons. The van der Waals surface area contributed by atoms with E-state index in [1.54, 1.807) is 60.7 Å².